The number of carbonyl (C=O) groups excluding carboxylic acids is 2. The fraction of sp³-hybridized carbons (Fsp3) is 0.318. The summed E-state index contributed by atoms with van der Waals surface area (Å²) in [6, 6.07) is 13.4. The molecule has 2 aromatic rings. The molecule has 1 fully saturated rings. The van der Waals surface area contributed by atoms with E-state index < -0.39 is 12.6 Å². The highest BCUT2D eigenvalue weighted by atomic mass is 16.5. The van der Waals surface area contributed by atoms with E-state index in [2.05, 4.69) is 12.2 Å². The fourth-order valence-electron chi connectivity index (χ4n) is 3.34. The summed E-state index contributed by atoms with van der Waals surface area (Å²) in [6.45, 7) is 2.37. The van der Waals surface area contributed by atoms with Crippen LogP contribution in [-0.2, 0) is 4.79 Å². The van der Waals surface area contributed by atoms with Crippen molar-refractivity contribution in [1.29, 1.82) is 0 Å². The van der Waals surface area contributed by atoms with E-state index in [1.54, 1.807) is 42.5 Å². The molecule has 7 heteroatoms. The Morgan fingerprint density at radius 1 is 1.10 bits per heavy atom. The molecule has 1 aliphatic heterocycles. The number of nitrogens with one attached hydrogen (secondary N) is 1. The molecule has 7 nitrogen and oxygen atoms in total. The molecule has 1 aliphatic rings. The van der Waals surface area contributed by atoms with Crippen molar-refractivity contribution in [2.45, 2.75) is 32.2 Å². The molecule has 1 saturated heterocycles. The van der Waals surface area contributed by atoms with Crippen LogP contribution in [-0.4, -0.2) is 47.0 Å². The normalized spacial score (nSPS) is 16.2. The van der Waals surface area contributed by atoms with Gasteiger partial charge in [0.05, 0.1) is 0 Å². The second kappa shape index (κ2) is 9.23. The van der Waals surface area contributed by atoms with Crippen LogP contribution in [0.15, 0.2) is 48.5 Å². The lowest BCUT2D eigenvalue weighted by Crippen LogP contribution is -2.42. The van der Waals surface area contributed by atoms with Crippen molar-refractivity contribution in [3.8, 4) is 5.75 Å². The third kappa shape index (κ3) is 5.34. The van der Waals surface area contributed by atoms with Crippen LogP contribution < -0.4 is 10.1 Å². The minimum absolute atomic E-state index is 0.0124. The molecular weight excluding hydrogens is 372 g/mol. The highest BCUT2D eigenvalue weighted by Crippen LogP contribution is 2.21. The minimum Gasteiger partial charge on any atom is -0.482 e. The van der Waals surface area contributed by atoms with E-state index in [-0.39, 0.29) is 17.9 Å². The van der Waals surface area contributed by atoms with Crippen LogP contribution in [0.3, 0.4) is 0 Å². The first kappa shape index (κ1) is 20.4. The predicted molar refractivity (Wildman–Crippen MR) is 108 cm³/mol. The lowest BCUT2D eigenvalue weighted by Gasteiger charge is -2.33. The molecule has 2 N–H and O–H groups in total. The Kier molecular flexibility index (Phi) is 6.49. The zero-order chi connectivity index (χ0) is 20.8. The summed E-state index contributed by atoms with van der Waals surface area (Å²) < 4.78 is 5.10. The number of rotatable bonds is 6. The Balaban J connectivity index is 1.63. The zero-order valence-electron chi connectivity index (χ0n) is 16.3. The van der Waals surface area contributed by atoms with Gasteiger partial charge < -0.3 is 20.1 Å². The number of hydrogen-bond donors (Lipinski definition) is 2. The highest BCUT2D eigenvalue weighted by molar-refractivity contribution is 6.04. The van der Waals surface area contributed by atoms with Crippen LogP contribution >= 0.6 is 0 Å². The lowest BCUT2D eigenvalue weighted by molar-refractivity contribution is -0.139. The molecule has 0 spiro atoms. The Morgan fingerprint density at radius 2 is 1.86 bits per heavy atom. The Labute approximate surface area is 169 Å². The Hall–Kier alpha value is -3.35. The highest BCUT2D eigenvalue weighted by Gasteiger charge is 2.24. The van der Waals surface area contributed by atoms with Crippen molar-refractivity contribution in [3.63, 3.8) is 0 Å². The van der Waals surface area contributed by atoms with Crippen molar-refractivity contribution in [1.82, 2.24) is 4.90 Å². The number of carbonyl (C=O) groups is 3. The largest absolute Gasteiger partial charge is 0.482 e. The summed E-state index contributed by atoms with van der Waals surface area (Å²) in [5.74, 6) is -1.13. The van der Waals surface area contributed by atoms with Gasteiger partial charge in [0.1, 0.15) is 5.75 Å². The van der Waals surface area contributed by atoms with E-state index in [0.29, 0.717) is 22.6 Å². The zero-order valence-corrected chi connectivity index (χ0v) is 16.3. The summed E-state index contributed by atoms with van der Waals surface area (Å²) >= 11 is 0. The van der Waals surface area contributed by atoms with Gasteiger partial charge in [-0.05, 0) is 68.7 Å². The lowest BCUT2D eigenvalue weighted by atomic mass is 10.0. The molecule has 0 aromatic heterocycles. The maximum absolute atomic E-state index is 12.7. The standard InChI is InChI=1S/C22H24N2O5/c1-15-5-2-3-12-24(15)22(28)16-8-10-18(11-9-16)23-21(27)17-6-4-7-19(13-17)29-14-20(25)26/h4,6-11,13,15H,2-3,5,12,14H2,1H3,(H,23,27)(H,25,26). The Morgan fingerprint density at radius 3 is 2.55 bits per heavy atom. The SMILES string of the molecule is CC1CCCCN1C(=O)c1ccc(NC(=O)c2cccc(OCC(=O)O)c2)cc1. The average Bonchev–Trinajstić information content (AvgIpc) is 2.73. The summed E-state index contributed by atoms with van der Waals surface area (Å²) in [5, 5.41) is 11.4. The van der Waals surface area contributed by atoms with E-state index in [0.717, 1.165) is 25.8 Å². The molecule has 3 rings (SSSR count). The molecule has 152 valence electrons. The number of amides is 2. The maximum atomic E-state index is 12.7. The smallest absolute Gasteiger partial charge is 0.341 e. The fourth-order valence-corrected chi connectivity index (χ4v) is 3.34. The average molecular weight is 396 g/mol. The maximum Gasteiger partial charge on any atom is 0.341 e. The molecule has 2 amide bonds. The third-order valence-corrected chi connectivity index (χ3v) is 4.91. The van der Waals surface area contributed by atoms with Crippen molar-refractivity contribution in [3.05, 3.63) is 59.7 Å². The van der Waals surface area contributed by atoms with Gasteiger partial charge in [-0.2, -0.15) is 0 Å². The number of nitrogens with zero attached hydrogens (tertiary/aromatic N) is 1. The number of likely N-dealkylation sites (tertiary alicyclic amines) is 1. The molecule has 2 aromatic carbocycles. The molecule has 0 aliphatic carbocycles. The van der Waals surface area contributed by atoms with Crippen molar-refractivity contribution in [2.24, 2.45) is 0 Å². The van der Waals surface area contributed by atoms with Crippen LogP contribution in [0.4, 0.5) is 5.69 Å². The summed E-state index contributed by atoms with van der Waals surface area (Å²) in [5.41, 5.74) is 1.51. The molecule has 29 heavy (non-hydrogen) atoms. The van der Waals surface area contributed by atoms with E-state index in [4.69, 9.17) is 9.84 Å². The Bertz CT molecular complexity index is 894. The molecule has 0 bridgehead atoms. The van der Waals surface area contributed by atoms with Gasteiger partial charge in [0.15, 0.2) is 6.61 Å². The van der Waals surface area contributed by atoms with Crippen molar-refractivity contribution in [2.75, 3.05) is 18.5 Å². The van der Waals surface area contributed by atoms with Crippen LogP contribution in [0.2, 0.25) is 0 Å². The summed E-state index contributed by atoms with van der Waals surface area (Å²) in [4.78, 5) is 37.6. The number of benzene rings is 2. The third-order valence-electron chi connectivity index (χ3n) is 4.91. The van der Waals surface area contributed by atoms with Gasteiger partial charge >= 0.3 is 5.97 Å². The first-order valence-corrected chi connectivity index (χ1v) is 9.61. The number of carboxylic acids is 1. The number of hydrogen-bond acceptors (Lipinski definition) is 4. The van der Waals surface area contributed by atoms with E-state index in [9.17, 15) is 14.4 Å². The van der Waals surface area contributed by atoms with Crippen LogP contribution in [0.5, 0.6) is 5.75 Å². The molecule has 0 radical (unpaired) electrons. The van der Waals surface area contributed by atoms with Gasteiger partial charge in [0.2, 0.25) is 0 Å². The van der Waals surface area contributed by atoms with Crippen LogP contribution in [0, 0.1) is 0 Å². The molecular formula is C22H24N2O5. The van der Waals surface area contributed by atoms with Crippen molar-refractivity contribution < 1.29 is 24.2 Å². The quantitative estimate of drug-likeness (QED) is 0.780. The first-order chi connectivity index (χ1) is 13.9. The molecule has 1 unspecified atom stereocenters. The van der Waals surface area contributed by atoms with Crippen molar-refractivity contribution >= 4 is 23.5 Å². The predicted octanol–water partition coefficient (Wildman–Crippen LogP) is 3.42. The monoisotopic (exact) mass is 396 g/mol. The summed E-state index contributed by atoms with van der Waals surface area (Å²) in [6.07, 6.45) is 3.20. The number of aliphatic carboxylic acids is 1. The van der Waals surface area contributed by atoms with Crippen LogP contribution in [0.1, 0.15) is 46.9 Å². The number of anilines is 1. The number of ether oxygens (including phenoxy) is 1. The summed E-state index contributed by atoms with van der Waals surface area (Å²) in [7, 11) is 0. The molecule has 1 atom stereocenters. The topological polar surface area (TPSA) is 95.9 Å². The van der Waals surface area contributed by atoms with Gasteiger partial charge in [-0.3, -0.25) is 9.59 Å². The van der Waals surface area contributed by atoms with Gasteiger partial charge in [0, 0.05) is 29.4 Å². The number of carboxylic acid groups (broad SMARTS) is 1. The van der Waals surface area contributed by atoms with Gasteiger partial charge in [-0.25, -0.2) is 4.79 Å². The minimum atomic E-state index is -1.09. The second-order valence-electron chi connectivity index (χ2n) is 7.09. The first-order valence-electron chi connectivity index (χ1n) is 9.61. The second-order valence-corrected chi connectivity index (χ2v) is 7.09. The van der Waals surface area contributed by atoms with Crippen LogP contribution in [0.25, 0.3) is 0 Å². The van der Waals surface area contributed by atoms with E-state index >= 15 is 0 Å². The molecule has 1 heterocycles. The van der Waals surface area contributed by atoms with E-state index in [1.165, 1.54) is 6.07 Å². The van der Waals surface area contributed by atoms with Gasteiger partial charge in [0.25, 0.3) is 11.8 Å². The van der Waals surface area contributed by atoms with E-state index in [1.807, 2.05) is 4.90 Å². The van der Waals surface area contributed by atoms with Gasteiger partial charge in [-0.15, -0.1) is 0 Å². The molecule has 0 saturated carbocycles. The van der Waals surface area contributed by atoms with Gasteiger partial charge in [-0.1, -0.05) is 6.07 Å². The number of piperidine rings is 1.